The van der Waals surface area contributed by atoms with Gasteiger partial charge in [0, 0.05) is 10.8 Å². The highest BCUT2D eigenvalue weighted by Crippen LogP contribution is 2.39. The predicted octanol–water partition coefficient (Wildman–Crippen LogP) is 10.4. The third kappa shape index (κ3) is 3.80. The van der Waals surface area contributed by atoms with Crippen LogP contribution in [0.3, 0.4) is 0 Å². The molecule has 0 saturated carbocycles. The van der Waals surface area contributed by atoms with Crippen LogP contribution < -0.4 is 0 Å². The first-order chi connectivity index (χ1) is 18.1. The Kier molecular flexibility index (Phi) is 4.97. The van der Waals surface area contributed by atoms with Crippen LogP contribution >= 0.6 is 0 Å². The van der Waals surface area contributed by atoms with Crippen LogP contribution in [0.5, 0.6) is 0 Å². The van der Waals surface area contributed by atoms with Crippen molar-refractivity contribution in [2.75, 3.05) is 0 Å². The molecule has 0 saturated heterocycles. The van der Waals surface area contributed by atoms with E-state index in [4.69, 9.17) is 4.42 Å². The second kappa shape index (κ2) is 8.50. The van der Waals surface area contributed by atoms with Crippen LogP contribution in [0.2, 0.25) is 0 Å². The van der Waals surface area contributed by atoms with Gasteiger partial charge in [0.25, 0.3) is 0 Å². The number of hydrogen-bond donors (Lipinski definition) is 0. The van der Waals surface area contributed by atoms with Crippen molar-refractivity contribution in [3.63, 3.8) is 0 Å². The maximum absolute atomic E-state index is 6.28. The van der Waals surface area contributed by atoms with Gasteiger partial charge in [-0.1, -0.05) is 102 Å². The molecule has 0 unspecified atom stereocenters. The molecule has 0 radical (unpaired) electrons. The Labute approximate surface area is 216 Å². The van der Waals surface area contributed by atoms with Gasteiger partial charge in [-0.3, -0.25) is 0 Å². The summed E-state index contributed by atoms with van der Waals surface area (Å²) in [5.74, 6) is 0. The van der Waals surface area contributed by atoms with Crippen LogP contribution in [0.25, 0.3) is 66.1 Å². The minimum absolute atomic E-state index is 0.917. The molecule has 0 fully saturated rings. The van der Waals surface area contributed by atoms with E-state index in [0.717, 1.165) is 21.9 Å². The average Bonchev–Trinajstić information content (AvgIpc) is 3.29. The van der Waals surface area contributed by atoms with Crippen molar-refractivity contribution in [3.8, 4) is 33.4 Å². The standard InChI is InChI=1S/C36H26O/c1-23-7-11-25(12-8-23)29-15-17-31(26-13-9-24(2)10-14-26)32(19-29)30-16-18-35-33(21-30)34-20-27-5-3-4-6-28(27)22-36(34)37-35/h3-22H,1-2H3. The van der Waals surface area contributed by atoms with Gasteiger partial charge >= 0.3 is 0 Å². The highest BCUT2D eigenvalue weighted by Gasteiger charge is 2.14. The number of benzene rings is 6. The lowest BCUT2D eigenvalue weighted by Gasteiger charge is -2.14. The first kappa shape index (κ1) is 21.6. The molecule has 1 heteroatoms. The van der Waals surface area contributed by atoms with Gasteiger partial charge < -0.3 is 4.42 Å². The van der Waals surface area contributed by atoms with Crippen LogP contribution in [0.15, 0.2) is 126 Å². The molecule has 0 amide bonds. The lowest BCUT2D eigenvalue weighted by molar-refractivity contribution is 0.669. The Hall–Kier alpha value is -4.62. The third-order valence-corrected chi connectivity index (χ3v) is 7.42. The molecule has 37 heavy (non-hydrogen) atoms. The molecule has 0 aliphatic heterocycles. The van der Waals surface area contributed by atoms with Gasteiger partial charge in [0.2, 0.25) is 0 Å². The molecule has 1 nitrogen and oxygen atoms in total. The molecule has 0 atom stereocenters. The molecule has 7 aromatic rings. The van der Waals surface area contributed by atoms with Crippen molar-refractivity contribution < 1.29 is 4.42 Å². The van der Waals surface area contributed by atoms with Crippen LogP contribution in [0, 0.1) is 13.8 Å². The summed E-state index contributed by atoms with van der Waals surface area (Å²) >= 11 is 0. The van der Waals surface area contributed by atoms with E-state index in [1.165, 1.54) is 55.3 Å². The largest absolute Gasteiger partial charge is 0.456 e. The van der Waals surface area contributed by atoms with E-state index in [1.54, 1.807) is 0 Å². The van der Waals surface area contributed by atoms with Crippen molar-refractivity contribution in [1.82, 2.24) is 0 Å². The molecule has 176 valence electrons. The number of furan rings is 1. The van der Waals surface area contributed by atoms with E-state index < -0.39 is 0 Å². The van der Waals surface area contributed by atoms with Crippen molar-refractivity contribution in [2.24, 2.45) is 0 Å². The molecule has 1 aromatic heterocycles. The molecule has 0 bridgehead atoms. The predicted molar refractivity (Wildman–Crippen MR) is 157 cm³/mol. The number of rotatable bonds is 3. The highest BCUT2D eigenvalue weighted by atomic mass is 16.3. The maximum atomic E-state index is 6.28. The van der Waals surface area contributed by atoms with E-state index in [-0.39, 0.29) is 0 Å². The summed E-state index contributed by atoms with van der Waals surface area (Å²) < 4.78 is 6.28. The highest BCUT2D eigenvalue weighted by molar-refractivity contribution is 6.11. The molecular weight excluding hydrogens is 448 g/mol. The fourth-order valence-electron chi connectivity index (χ4n) is 5.32. The summed E-state index contributed by atoms with van der Waals surface area (Å²) in [5.41, 5.74) is 11.7. The zero-order valence-electron chi connectivity index (χ0n) is 21.0. The molecule has 0 spiro atoms. The lowest BCUT2D eigenvalue weighted by Crippen LogP contribution is -1.88. The molecule has 0 aliphatic rings. The average molecular weight is 475 g/mol. The normalized spacial score (nSPS) is 11.5. The Bertz CT molecular complexity index is 1920. The van der Waals surface area contributed by atoms with Gasteiger partial charge in [-0.25, -0.2) is 0 Å². The minimum Gasteiger partial charge on any atom is -0.456 e. The quantitative estimate of drug-likeness (QED) is 0.248. The summed E-state index contributed by atoms with van der Waals surface area (Å²) in [5, 5.41) is 4.72. The lowest BCUT2D eigenvalue weighted by atomic mass is 9.90. The Balaban J connectivity index is 1.46. The van der Waals surface area contributed by atoms with E-state index in [1.807, 2.05) is 0 Å². The fraction of sp³-hybridized carbons (Fsp3) is 0.0556. The van der Waals surface area contributed by atoms with E-state index >= 15 is 0 Å². The van der Waals surface area contributed by atoms with Crippen LogP contribution in [-0.4, -0.2) is 0 Å². The zero-order chi connectivity index (χ0) is 24.9. The Morgan fingerprint density at radius 2 is 1.00 bits per heavy atom. The summed E-state index contributed by atoms with van der Waals surface area (Å²) in [6.45, 7) is 4.26. The van der Waals surface area contributed by atoms with Crippen LogP contribution in [-0.2, 0) is 0 Å². The van der Waals surface area contributed by atoms with Crippen LogP contribution in [0.1, 0.15) is 11.1 Å². The zero-order valence-corrected chi connectivity index (χ0v) is 21.0. The van der Waals surface area contributed by atoms with Crippen molar-refractivity contribution in [1.29, 1.82) is 0 Å². The van der Waals surface area contributed by atoms with Crippen molar-refractivity contribution in [3.05, 3.63) is 132 Å². The van der Waals surface area contributed by atoms with Gasteiger partial charge in [0.15, 0.2) is 0 Å². The van der Waals surface area contributed by atoms with E-state index in [2.05, 4.69) is 135 Å². The first-order valence-electron chi connectivity index (χ1n) is 12.8. The van der Waals surface area contributed by atoms with Crippen molar-refractivity contribution in [2.45, 2.75) is 13.8 Å². The smallest absolute Gasteiger partial charge is 0.136 e. The van der Waals surface area contributed by atoms with Gasteiger partial charge in [-0.05, 0) is 88.3 Å². The second-order valence-corrected chi connectivity index (χ2v) is 10.0. The third-order valence-electron chi connectivity index (χ3n) is 7.42. The van der Waals surface area contributed by atoms with Gasteiger partial charge in [-0.15, -0.1) is 0 Å². The summed E-state index contributed by atoms with van der Waals surface area (Å²) in [6.07, 6.45) is 0. The van der Waals surface area contributed by atoms with Gasteiger partial charge in [-0.2, -0.15) is 0 Å². The molecule has 6 aromatic carbocycles. The van der Waals surface area contributed by atoms with E-state index in [9.17, 15) is 0 Å². The number of aryl methyl sites for hydroxylation is 2. The number of fused-ring (bicyclic) bond motifs is 4. The van der Waals surface area contributed by atoms with Crippen LogP contribution in [0.4, 0.5) is 0 Å². The summed E-state index contributed by atoms with van der Waals surface area (Å²) in [4.78, 5) is 0. The molecule has 7 rings (SSSR count). The molecule has 0 N–H and O–H groups in total. The van der Waals surface area contributed by atoms with E-state index in [0.29, 0.717) is 0 Å². The van der Waals surface area contributed by atoms with Crippen molar-refractivity contribution >= 4 is 32.7 Å². The summed E-state index contributed by atoms with van der Waals surface area (Å²) in [7, 11) is 0. The molecular formula is C36H26O. The summed E-state index contributed by atoms with van der Waals surface area (Å²) in [6, 6.07) is 43.9. The monoisotopic (exact) mass is 474 g/mol. The first-order valence-corrected chi connectivity index (χ1v) is 12.8. The Morgan fingerprint density at radius 3 is 1.73 bits per heavy atom. The molecule has 1 heterocycles. The second-order valence-electron chi connectivity index (χ2n) is 10.0. The number of hydrogen-bond acceptors (Lipinski definition) is 1. The maximum Gasteiger partial charge on any atom is 0.136 e. The fourth-order valence-corrected chi connectivity index (χ4v) is 5.32. The Morgan fingerprint density at radius 1 is 0.405 bits per heavy atom. The van der Waals surface area contributed by atoms with Gasteiger partial charge in [0.05, 0.1) is 0 Å². The molecule has 0 aliphatic carbocycles. The minimum atomic E-state index is 0.917. The van der Waals surface area contributed by atoms with Gasteiger partial charge in [0.1, 0.15) is 11.2 Å². The SMILES string of the molecule is Cc1ccc(-c2ccc(-c3ccc(C)cc3)c(-c3ccc4oc5cc6ccccc6cc5c4c3)c2)cc1. The topological polar surface area (TPSA) is 13.1 Å².